The second-order valence-electron chi connectivity index (χ2n) is 4.90. The van der Waals surface area contributed by atoms with E-state index in [1.54, 1.807) is 30.5 Å². The fourth-order valence-corrected chi connectivity index (χ4v) is 2.31. The van der Waals surface area contributed by atoms with E-state index in [4.69, 9.17) is 8.83 Å². The van der Waals surface area contributed by atoms with Crippen LogP contribution in [-0.2, 0) is 6.54 Å². The largest absolute Gasteiger partial charge is 0.439 e. The van der Waals surface area contributed by atoms with E-state index in [9.17, 15) is 9.18 Å². The standard InChI is InChI=1S/C16H10FN3O3/c17-11-5-3-10(4-6-11)13-8-19-14(22-13)9-20-15-12(23-16(20)21)2-1-7-18-15/h1-8H,9H2. The van der Waals surface area contributed by atoms with Crippen molar-refractivity contribution in [1.29, 1.82) is 0 Å². The molecule has 0 atom stereocenters. The second-order valence-corrected chi connectivity index (χ2v) is 4.90. The van der Waals surface area contributed by atoms with Crippen LogP contribution in [0.15, 0.2) is 62.4 Å². The number of pyridine rings is 1. The smallest absolute Gasteiger partial charge is 0.421 e. The number of aromatic nitrogens is 3. The quantitative estimate of drug-likeness (QED) is 0.581. The van der Waals surface area contributed by atoms with Crippen LogP contribution >= 0.6 is 0 Å². The van der Waals surface area contributed by atoms with Gasteiger partial charge in [-0.05, 0) is 36.4 Å². The molecule has 6 nitrogen and oxygen atoms in total. The molecule has 0 amide bonds. The number of benzene rings is 1. The van der Waals surface area contributed by atoms with Gasteiger partial charge in [-0.2, -0.15) is 0 Å². The van der Waals surface area contributed by atoms with E-state index in [0.29, 0.717) is 28.4 Å². The summed E-state index contributed by atoms with van der Waals surface area (Å²) in [7, 11) is 0. The number of oxazole rings is 2. The van der Waals surface area contributed by atoms with Gasteiger partial charge >= 0.3 is 5.76 Å². The van der Waals surface area contributed by atoms with Gasteiger partial charge in [0.15, 0.2) is 17.0 Å². The zero-order valence-electron chi connectivity index (χ0n) is 11.8. The van der Waals surface area contributed by atoms with E-state index < -0.39 is 5.76 Å². The Labute approximate surface area is 128 Å². The van der Waals surface area contributed by atoms with Crippen molar-refractivity contribution in [3.8, 4) is 11.3 Å². The van der Waals surface area contributed by atoms with Crippen LogP contribution in [0.1, 0.15) is 5.89 Å². The summed E-state index contributed by atoms with van der Waals surface area (Å²) < 4.78 is 25.0. The molecular weight excluding hydrogens is 301 g/mol. The molecule has 0 aliphatic heterocycles. The predicted molar refractivity (Wildman–Crippen MR) is 79.3 cm³/mol. The molecule has 7 heteroatoms. The molecule has 4 rings (SSSR count). The lowest BCUT2D eigenvalue weighted by atomic mass is 10.2. The van der Waals surface area contributed by atoms with Crippen molar-refractivity contribution in [2.45, 2.75) is 6.54 Å². The van der Waals surface area contributed by atoms with Gasteiger partial charge in [0.05, 0.1) is 6.20 Å². The van der Waals surface area contributed by atoms with Gasteiger partial charge in [-0.25, -0.2) is 23.7 Å². The molecule has 0 aliphatic carbocycles. The first-order valence-corrected chi connectivity index (χ1v) is 6.86. The summed E-state index contributed by atoms with van der Waals surface area (Å²) >= 11 is 0. The lowest BCUT2D eigenvalue weighted by Crippen LogP contribution is -2.15. The third-order valence-corrected chi connectivity index (χ3v) is 3.40. The molecule has 0 N–H and O–H groups in total. The normalized spacial score (nSPS) is 11.2. The Morgan fingerprint density at radius 2 is 1.91 bits per heavy atom. The summed E-state index contributed by atoms with van der Waals surface area (Å²) in [6.07, 6.45) is 3.11. The van der Waals surface area contributed by atoms with Crippen LogP contribution in [0.3, 0.4) is 0 Å². The van der Waals surface area contributed by atoms with E-state index in [2.05, 4.69) is 9.97 Å². The molecule has 0 unspecified atom stereocenters. The van der Waals surface area contributed by atoms with Crippen molar-refractivity contribution >= 4 is 11.2 Å². The average molecular weight is 311 g/mol. The SMILES string of the molecule is O=c1oc2cccnc2n1Cc1ncc(-c2ccc(F)cc2)o1. The summed E-state index contributed by atoms with van der Waals surface area (Å²) in [4.78, 5) is 20.2. The fourth-order valence-electron chi connectivity index (χ4n) is 2.31. The maximum atomic E-state index is 13.0. The molecule has 0 saturated heterocycles. The Hall–Kier alpha value is -3.22. The molecule has 23 heavy (non-hydrogen) atoms. The molecule has 0 aliphatic rings. The third kappa shape index (κ3) is 2.42. The van der Waals surface area contributed by atoms with E-state index >= 15 is 0 Å². The third-order valence-electron chi connectivity index (χ3n) is 3.40. The zero-order valence-corrected chi connectivity index (χ0v) is 11.8. The molecule has 1 aromatic carbocycles. The molecule has 0 radical (unpaired) electrons. The minimum atomic E-state index is -0.528. The van der Waals surface area contributed by atoms with E-state index in [0.717, 1.165) is 0 Å². The second kappa shape index (κ2) is 5.20. The van der Waals surface area contributed by atoms with Gasteiger partial charge in [0.25, 0.3) is 0 Å². The molecule has 3 aromatic heterocycles. The Morgan fingerprint density at radius 1 is 1.09 bits per heavy atom. The lowest BCUT2D eigenvalue weighted by molar-refractivity contribution is 0.461. The molecule has 0 spiro atoms. The number of hydrogen-bond donors (Lipinski definition) is 0. The molecular formula is C16H10FN3O3. The number of fused-ring (bicyclic) bond motifs is 1. The minimum absolute atomic E-state index is 0.101. The first-order chi connectivity index (χ1) is 11.2. The van der Waals surface area contributed by atoms with Crippen molar-refractivity contribution in [3.63, 3.8) is 0 Å². The highest BCUT2D eigenvalue weighted by molar-refractivity contribution is 5.67. The Morgan fingerprint density at radius 3 is 2.74 bits per heavy atom. The molecule has 0 fully saturated rings. The highest BCUT2D eigenvalue weighted by Gasteiger charge is 2.14. The highest BCUT2D eigenvalue weighted by atomic mass is 19.1. The van der Waals surface area contributed by atoms with Crippen molar-refractivity contribution < 1.29 is 13.2 Å². The molecule has 0 bridgehead atoms. The molecule has 0 saturated carbocycles. The molecule has 4 aromatic rings. The van der Waals surface area contributed by atoms with Gasteiger partial charge in [0.1, 0.15) is 12.4 Å². The van der Waals surface area contributed by atoms with Gasteiger partial charge in [-0.15, -0.1) is 0 Å². The number of halogens is 1. The highest BCUT2D eigenvalue weighted by Crippen LogP contribution is 2.21. The van der Waals surface area contributed by atoms with Gasteiger partial charge in [-0.1, -0.05) is 0 Å². The van der Waals surface area contributed by atoms with Crippen LogP contribution in [0, 0.1) is 5.82 Å². The number of nitrogens with zero attached hydrogens (tertiary/aromatic N) is 3. The summed E-state index contributed by atoms with van der Waals surface area (Å²) in [6, 6.07) is 9.24. The summed E-state index contributed by atoms with van der Waals surface area (Å²) in [5, 5.41) is 0. The first-order valence-electron chi connectivity index (χ1n) is 6.86. The lowest BCUT2D eigenvalue weighted by Gasteiger charge is -1.98. The monoisotopic (exact) mass is 311 g/mol. The van der Waals surface area contributed by atoms with E-state index in [1.807, 2.05) is 0 Å². The van der Waals surface area contributed by atoms with Gasteiger partial charge in [0, 0.05) is 11.8 Å². The van der Waals surface area contributed by atoms with Crippen molar-refractivity contribution in [2.24, 2.45) is 0 Å². The predicted octanol–water partition coefficient (Wildman–Crippen LogP) is 2.83. The van der Waals surface area contributed by atoms with Crippen LogP contribution in [0.2, 0.25) is 0 Å². The minimum Gasteiger partial charge on any atom is -0.439 e. The van der Waals surface area contributed by atoms with Crippen LogP contribution in [0.4, 0.5) is 4.39 Å². The van der Waals surface area contributed by atoms with Crippen molar-refractivity contribution in [3.05, 3.63) is 71.1 Å². The average Bonchev–Trinajstić information content (AvgIpc) is 3.14. The van der Waals surface area contributed by atoms with Crippen LogP contribution in [-0.4, -0.2) is 14.5 Å². The van der Waals surface area contributed by atoms with Crippen LogP contribution in [0.5, 0.6) is 0 Å². The van der Waals surface area contributed by atoms with E-state index in [-0.39, 0.29) is 12.4 Å². The Bertz CT molecular complexity index is 1030. The van der Waals surface area contributed by atoms with Gasteiger partial charge in [0.2, 0.25) is 5.89 Å². The Kier molecular flexibility index (Phi) is 3.04. The van der Waals surface area contributed by atoms with E-state index in [1.165, 1.54) is 22.9 Å². The fraction of sp³-hybridized carbons (Fsp3) is 0.0625. The maximum absolute atomic E-state index is 13.0. The summed E-state index contributed by atoms with van der Waals surface area (Å²) in [5.74, 6) is -0.0233. The number of hydrogen-bond acceptors (Lipinski definition) is 5. The van der Waals surface area contributed by atoms with Crippen LogP contribution in [0.25, 0.3) is 22.6 Å². The summed E-state index contributed by atoms with van der Waals surface area (Å²) in [5.41, 5.74) is 1.54. The molecule has 114 valence electrons. The molecule has 3 heterocycles. The van der Waals surface area contributed by atoms with Gasteiger partial charge in [-0.3, -0.25) is 0 Å². The van der Waals surface area contributed by atoms with Gasteiger partial charge < -0.3 is 8.83 Å². The van der Waals surface area contributed by atoms with Crippen molar-refractivity contribution in [2.75, 3.05) is 0 Å². The topological polar surface area (TPSA) is 74.1 Å². The zero-order chi connectivity index (χ0) is 15.8. The first kappa shape index (κ1) is 13.4. The van der Waals surface area contributed by atoms with Crippen LogP contribution < -0.4 is 5.76 Å². The maximum Gasteiger partial charge on any atom is 0.421 e. The number of rotatable bonds is 3. The Balaban J connectivity index is 1.68. The summed E-state index contributed by atoms with van der Waals surface area (Å²) in [6.45, 7) is 0.101. The van der Waals surface area contributed by atoms with Crippen molar-refractivity contribution in [1.82, 2.24) is 14.5 Å².